The van der Waals surface area contributed by atoms with E-state index in [9.17, 15) is 9.59 Å². The number of hydrogen-bond acceptors (Lipinski definition) is 2. The van der Waals surface area contributed by atoms with Crippen LogP contribution in [0.5, 0.6) is 0 Å². The maximum Gasteiger partial charge on any atom is 0.151 e. The molecule has 0 amide bonds. The third-order valence-electron chi connectivity index (χ3n) is 3.31. The van der Waals surface area contributed by atoms with Crippen molar-refractivity contribution in [3.63, 3.8) is 0 Å². The first-order valence-corrected chi connectivity index (χ1v) is 7.13. The summed E-state index contributed by atoms with van der Waals surface area (Å²) in [5.41, 5.74) is 3.66. The Bertz CT molecular complexity index is 530. The average Bonchev–Trinajstić information content (AvgIpc) is 2.43. The van der Waals surface area contributed by atoms with Gasteiger partial charge in [-0.2, -0.15) is 0 Å². The van der Waals surface area contributed by atoms with E-state index >= 15 is 0 Å². The van der Waals surface area contributed by atoms with Crippen LogP contribution < -0.4 is 0 Å². The minimum atomic E-state index is 0.309. The van der Waals surface area contributed by atoms with Gasteiger partial charge in [0.15, 0.2) is 6.29 Å². The number of carbonyl (C=O) groups excluding carboxylic acids is 2. The number of aldehydes is 2. The van der Waals surface area contributed by atoms with E-state index < -0.39 is 0 Å². The molecule has 0 bridgehead atoms. The summed E-state index contributed by atoms with van der Waals surface area (Å²) in [5, 5.41) is 0. The van der Waals surface area contributed by atoms with Gasteiger partial charge in [0, 0.05) is 24.0 Å². The van der Waals surface area contributed by atoms with Crippen molar-refractivity contribution in [2.45, 2.75) is 52.4 Å². The molecule has 0 aliphatic carbocycles. The van der Waals surface area contributed by atoms with E-state index in [-0.39, 0.29) is 0 Å². The standard InChI is InChI=1S/C18H22O2/c1-14(2)16-11-10-15(3)17(18(16)13-20)9-7-5-4-6-8-12-19/h10-14H,4-6,8H2,1-3H3. The van der Waals surface area contributed by atoms with Crippen LogP contribution in [0, 0.1) is 18.8 Å². The lowest BCUT2D eigenvalue weighted by Crippen LogP contribution is -2.00. The highest BCUT2D eigenvalue weighted by Gasteiger charge is 2.11. The zero-order valence-electron chi connectivity index (χ0n) is 12.5. The molecule has 0 unspecified atom stereocenters. The fourth-order valence-corrected chi connectivity index (χ4v) is 2.13. The highest BCUT2D eigenvalue weighted by atomic mass is 16.1. The summed E-state index contributed by atoms with van der Waals surface area (Å²) in [6.07, 6.45) is 5.02. The summed E-state index contributed by atoms with van der Waals surface area (Å²) < 4.78 is 0. The molecule has 0 saturated carbocycles. The summed E-state index contributed by atoms with van der Waals surface area (Å²) in [6.45, 7) is 6.14. The Morgan fingerprint density at radius 3 is 2.55 bits per heavy atom. The molecular formula is C18H22O2. The van der Waals surface area contributed by atoms with E-state index in [0.29, 0.717) is 12.3 Å². The van der Waals surface area contributed by atoms with Crippen LogP contribution in [-0.4, -0.2) is 12.6 Å². The summed E-state index contributed by atoms with van der Waals surface area (Å²) in [4.78, 5) is 21.6. The van der Waals surface area contributed by atoms with Gasteiger partial charge in [-0.15, -0.1) is 0 Å². The molecular weight excluding hydrogens is 248 g/mol. The second-order valence-corrected chi connectivity index (χ2v) is 5.25. The lowest BCUT2D eigenvalue weighted by Gasteiger charge is -2.12. The van der Waals surface area contributed by atoms with E-state index in [4.69, 9.17) is 0 Å². The monoisotopic (exact) mass is 270 g/mol. The molecule has 0 saturated heterocycles. The second-order valence-electron chi connectivity index (χ2n) is 5.25. The third kappa shape index (κ3) is 4.35. The van der Waals surface area contributed by atoms with Gasteiger partial charge in [-0.3, -0.25) is 4.79 Å². The molecule has 20 heavy (non-hydrogen) atoms. The third-order valence-corrected chi connectivity index (χ3v) is 3.31. The number of carbonyl (C=O) groups is 2. The van der Waals surface area contributed by atoms with Gasteiger partial charge in [0.2, 0.25) is 0 Å². The molecule has 2 heteroatoms. The molecule has 0 aliphatic heterocycles. The van der Waals surface area contributed by atoms with Crippen LogP contribution in [0.4, 0.5) is 0 Å². The maximum atomic E-state index is 11.4. The Morgan fingerprint density at radius 2 is 1.95 bits per heavy atom. The number of rotatable bonds is 6. The first kappa shape index (κ1) is 16.2. The highest BCUT2D eigenvalue weighted by Crippen LogP contribution is 2.23. The molecule has 0 atom stereocenters. The van der Waals surface area contributed by atoms with Gasteiger partial charge in [-0.05, 0) is 36.8 Å². The Labute approximate surface area is 121 Å². The summed E-state index contributed by atoms with van der Waals surface area (Å²) in [7, 11) is 0. The predicted molar refractivity (Wildman–Crippen MR) is 82.1 cm³/mol. The first-order chi connectivity index (χ1) is 9.61. The first-order valence-electron chi connectivity index (χ1n) is 7.13. The summed E-state index contributed by atoms with van der Waals surface area (Å²) >= 11 is 0. The maximum absolute atomic E-state index is 11.4. The zero-order chi connectivity index (χ0) is 15.0. The second kappa shape index (κ2) is 8.32. The van der Waals surface area contributed by atoms with E-state index in [1.54, 1.807) is 0 Å². The Balaban J connectivity index is 2.93. The average molecular weight is 270 g/mol. The molecule has 0 fully saturated rings. The van der Waals surface area contributed by atoms with Crippen LogP contribution in [0.3, 0.4) is 0 Å². The number of hydrogen-bond donors (Lipinski definition) is 0. The van der Waals surface area contributed by atoms with Crippen molar-refractivity contribution < 1.29 is 9.59 Å². The van der Waals surface area contributed by atoms with Gasteiger partial charge in [0.25, 0.3) is 0 Å². The SMILES string of the molecule is Cc1ccc(C(C)C)c(C=O)c1C#CCCCCC=O. The number of benzene rings is 1. The van der Waals surface area contributed by atoms with Gasteiger partial charge < -0.3 is 4.79 Å². The van der Waals surface area contributed by atoms with Crippen molar-refractivity contribution in [3.05, 3.63) is 34.4 Å². The van der Waals surface area contributed by atoms with Crippen LogP contribution >= 0.6 is 0 Å². The van der Waals surface area contributed by atoms with Crippen molar-refractivity contribution in [1.82, 2.24) is 0 Å². The van der Waals surface area contributed by atoms with E-state index in [1.165, 1.54) is 0 Å². The summed E-state index contributed by atoms with van der Waals surface area (Å²) in [6, 6.07) is 4.04. The van der Waals surface area contributed by atoms with Crippen LogP contribution in [-0.2, 0) is 4.79 Å². The minimum absolute atomic E-state index is 0.309. The molecule has 0 aliphatic rings. The molecule has 1 aromatic carbocycles. The minimum Gasteiger partial charge on any atom is -0.303 e. The fraction of sp³-hybridized carbons (Fsp3) is 0.444. The van der Waals surface area contributed by atoms with Gasteiger partial charge in [0.05, 0.1) is 0 Å². The molecule has 2 nitrogen and oxygen atoms in total. The Hall–Kier alpha value is -1.88. The quantitative estimate of drug-likeness (QED) is 0.444. The van der Waals surface area contributed by atoms with Crippen LogP contribution in [0.15, 0.2) is 12.1 Å². The molecule has 0 aromatic heterocycles. The Kier molecular flexibility index (Phi) is 6.73. The lowest BCUT2D eigenvalue weighted by molar-refractivity contribution is -0.107. The van der Waals surface area contributed by atoms with Crippen LogP contribution in [0.2, 0.25) is 0 Å². The van der Waals surface area contributed by atoms with E-state index in [1.807, 2.05) is 19.1 Å². The van der Waals surface area contributed by atoms with Gasteiger partial charge in [-0.25, -0.2) is 0 Å². The van der Waals surface area contributed by atoms with Crippen LogP contribution in [0.1, 0.15) is 72.5 Å². The molecule has 0 heterocycles. The Morgan fingerprint density at radius 1 is 1.20 bits per heavy atom. The van der Waals surface area contributed by atoms with Gasteiger partial charge in [-0.1, -0.05) is 37.8 Å². The topological polar surface area (TPSA) is 34.1 Å². The number of aryl methyl sites for hydroxylation is 1. The lowest BCUT2D eigenvalue weighted by atomic mass is 9.91. The molecule has 1 aromatic rings. The zero-order valence-corrected chi connectivity index (χ0v) is 12.5. The van der Waals surface area contributed by atoms with Gasteiger partial charge >= 0.3 is 0 Å². The fourth-order valence-electron chi connectivity index (χ4n) is 2.13. The van der Waals surface area contributed by atoms with Crippen molar-refractivity contribution in [3.8, 4) is 11.8 Å². The van der Waals surface area contributed by atoms with Crippen molar-refractivity contribution in [2.24, 2.45) is 0 Å². The van der Waals surface area contributed by atoms with Crippen molar-refractivity contribution in [2.75, 3.05) is 0 Å². The molecule has 0 radical (unpaired) electrons. The van der Waals surface area contributed by atoms with Crippen molar-refractivity contribution in [1.29, 1.82) is 0 Å². The van der Waals surface area contributed by atoms with E-state index in [2.05, 4.69) is 25.7 Å². The highest BCUT2D eigenvalue weighted by molar-refractivity contribution is 5.83. The molecule has 1 rings (SSSR count). The largest absolute Gasteiger partial charge is 0.303 e. The van der Waals surface area contributed by atoms with E-state index in [0.717, 1.165) is 54.1 Å². The predicted octanol–water partition coefficient (Wildman–Crippen LogP) is 4.04. The normalized spacial score (nSPS) is 10.0. The smallest absolute Gasteiger partial charge is 0.151 e. The molecule has 0 spiro atoms. The summed E-state index contributed by atoms with van der Waals surface area (Å²) in [5.74, 6) is 6.56. The van der Waals surface area contributed by atoms with Crippen LogP contribution in [0.25, 0.3) is 0 Å². The van der Waals surface area contributed by atoms with Gasteiger partial charge in [0.1, 0.15) is 6.29 Å². The number of unbranched alkanes of at least 4 members (excludes halogenated alkanes) is 3. The molecule has 106 valence electrons. The molecule has 0 N–H and O–H groups in total. The van der Waals surface area contributed by atoms with Crippen molar-refractivity contribution >= 4 is 12.6 Å².